The molecule has 2 amide bonds. The highest BCUT2D eigenvalue weighted by Gasteiger charge is 2.15. The van der Waals surface area contributed by atoms with Crippen LogP contribution in [0.3, 0.4) is 0 Å². The number of carbonyl (C=O) groups excluding carboxylic acids is 2. The molecule has 2 N–H and O–H groups in total. The normalized spacial score (nSPS) is 11.5. The minimum atomic E-state index is -0.623. The molecule has 126 valence electrons. The monoisotopic (exact) mass is 326 g/mol. The van der Waals surface area contributed by atoms with Gasteiger partial charge < -0.3 is 15.4 Å². The average Bonchev–Trinajstić information content (AvgIpc) is 2.52. The number of hydrogen-bond acceptors (Lipinski definition) is 3. The highest BCUT2D eigenvalue weighted by Crippen LogP contribution is 2.19. The van der Waals surface area contributed by atoms with Gasteiger partial charge in [0, 0.05) is 18.3 Å². The Hall–Kier alpha value is -2.82. The molecule has 1 atom stereocenters. The molecule has 2 rings (SSSR count). The van der Waals surface area contributed by atoms with E-state index < -0.39 is 6.10 Å². The highest BCUT2D eigenvalue weighted by molar-refractivity contribution is 5.94. The molecule has 0 spiro atoms. The van der Waals surface area contributed by atoms with Gasteiger partial charge in [0.05, 0.1) is 0 Å². The van der Waals surface area contributed by atoms with E-state index in [2.05, 4.69) is 10.6 Å². The molecule has 0 heterocycles. The van der Waals surface area contributed by atoms with Crippen molar-refractivity contribution in [2.45, 2.75) is 33.8 Å². The lowest BCUT2D eigenvalue weighted by Crippen LogP contribution is -2.30. The molecule has 2 aromatic rings. The molecule has 0 aliphatic rings. The van der Waals surface area contributed by atoms with Gasteiger partial charge in [-0.1, -0.05) is 6.07 Å². The van der Waals surface area contributed by atoms with Crippen molar-refractivity contribution < 1.29 is 14.3 Å². The third-order valence-corrected chi connectivity index (χ3v) is 3.63. The van der Waals surface area contributed by atoms with Gasteiger partial charge >= 0.3 is 0 Å². The van der Waals surface area contributed by atoms with Crippen molar-refractivity contribution in [1.82, 2.24) is 0 Å². The van der Waals surface area contributed by atoms with Crippen molar-refractivity contribution in [2.75, 3.05) is 10.6 Å². The van der Waals surface area contributed by atoms with Crippen molar-refractivity contribution in [3.8, 4) is 5.75 Å². The molecular formula is C19H22N2O3. The minimum Gasteiger partial charge on any atom is -0.481 e. The van der Waals surface area contributed by atoms with Gasteiger partial charge in [-0.25, -0.2) is 0 Å². The van der Waals surface area contributed by atoms with Crippen LogP contribution in [-0.4, -0.2) is 17.9 Å². The Bertz CT molecular complexity index is 739. The summed E-state index contributed by atoms with van der Waals surface area (Å²) in [6, 6.07) is 12.7. The number of benzene rings is 2. The van der Waals surface area contributed by atoms with Gasteiger partial charge in [-0.2, -0.15) is 0 Å². The first-order valence-electron chi connectivity index (χ1n) is 7.77. The Morgan fingerprint density at radius 1 is 0.917 bits per heavy atom. The fourth-order valence-corrected chi connectivity index (χ4v) is 2.13. The number of anilines is 2. The van der Waals surface area contributed by atoms with Gasteiger partial charge in [-0.3, -0.25) is 9.59 Å². The summed E-state index contributed by atoms with van der Waals surface area (Å²) in [6.07, 6.45) is -0.623. The molecule has 0 bridgehead atoms. The summed E-state index contributed by atoms with van der Waals surface area (Å²) in [6.45, 7) is 7.18. The third kappa shape index (κ3) is 4.84. The molecule has 5 nitrogen and oxygen atoms in total. The highest BCUT2D eigenvalue weighted by atomic mass is 16.5. The van der Waals surface area contributed by atoms with Crippen LogP contribution in [-0.2, 0) is 9.59 Å². The van der Waals surface area contributed by atoms with E-state index in [0.29, 0.717) is 17.1 Å². The molecule has 0 saturated heterocycles. The molecule has 0 unspecified atom stereocenters. The van der Waals surface area contributed by atoms with Crippen molar-refractivity contribution in [3.05, 3.63) is 53.6 Å². The number of ether oxygens (including phenoxy) is 1. The molecule has 0 aliphatic heterocycles. The first-order valence-corrected chi connectivity index (χ1v) is 7.77. The molecule has 5 heteroatoms. The van der Waals surface area contributed by atoms with Gasteiger partial charge in [0.2, 0.25) is 5.91 Å². The Morgan fingerprint density at radius 2 is 1.50 bits per heavy atom. The van der Waals surface area contributed by atoms with Crippen LogP contribution in [0.2, 0.25) is 0 Å². The molecule has 0 aromatic heterocycles. The van der Waals surface area contributed by atoms with Gasteiger partial charge in [0.1, 0.15) is 5.75 Å². The average molecular weight is 326 g/mol. The zero-order valence-corrected chi connectivity index (χ0v) is 14.3. The fourth-order valence-electron chi connectivity index (χ4n) is 2.13. The largest absolute Gasteiger partial charge is 0.481 e. The van der Waals surface area contributed by atoms with E-state index in [-0.39, 0.29) is 11.8 Å². The molecular weight excluding hydrogens is 304 g/mol. The number of rotatable bonds is 5. The van der Waals surface area contributed by atoms with Gasteiger partial charge in [-0.15, -0.1) is 0 Å². The summed E-state index contributed by atoms with van der Waals surface area (Å²) in [5.74, 6) is 0.296. The second-order valence-corrected chi connectivity index (χ2v) is 5.75. The lowest BCUT2D eigenvalue weighted by atomic mass is 10.1. The van der Waals surface area contributed by atoms with Crippen LogP contribution < -0.4 is 15.4 Å². The molecule has 0 fully saturated rings. The van der Waals surface area contributed by atoms with Gasteiger partial charge in [-0.05, 0) is 68.3 Å². The van der Waals surface area contributed by atoms with Crippen LogP contribution in [0.15, 0.2) is 42.5 Å². The van der Waals surface area contributed by atoms with Crippen LogP contribution in [0.4, 0.5) is 11.4 Å². The van der Waals surface area contributed by atoms with Gasteiger partial charge in [0.25, 0.3) is 5.91 Å². The van der Waals surface area contributed by atoms with Crippen molar-refractivity contribution in [1.29, 1.82) is 0 Å². The Balaban J connectivity index is 1.95. The Morgan fingerprint density at radius 3 is 2.04 bits per heavy atom. The summed E-state index contributed by atoms with van der Waals surface area (Å²) < 4.78 is 5.69. The van der Waals surface area contributed by atoms with Crippen LogP contribution >= 0.6 is 0 Å². The van der Waals surface area contributed by atoms with Gasteiger partial charge in [0.15, 0.2) is 6.10 Å². The molecule has 24 heavy (non-hydrogen) atoms. The van der Waals surface area contributed by atoms with Crippen molar-refractivity contribution in [2.24, 2.45) is 0 Å². The number of nitrogens with one attached hydrogen (secondary N) is 2. The van der Waals surface area contributed by atoms with E-state index in [9.17, 15) is 9.59 Å². The molecule has 2 aromatic carbocycles. The summed E-state index contributed by atoms with van der Waals surface area (Å²) in [5, 5.41) is 5.47. The minimum absolute atomic E-state index is 0.137. The predicted octanol–water partition coefficient (Wildman–Crippen LogP) is 3.67. The Kier molecular flexibility index (Phi) is 5.58. The molecule has 0 saturated carbocycles. The summed E-state index contributed by atoms with van der Waals surface area (Å²) in [4.78, 5) is 23.2. The standard InChI is InChI=1S/C19H22N2O3/c1-12-5-10-18(11-13(12)2)24-14(3)19(23)21-17-8-6-16(7-9-17)20-15(4)22/h5-11,14H,1-4H3,(H,20,22)(H,21,23)/t14-/m0/s1. The zero-order chi connectivity index (χ0) is 17.7. The number of carbonyl (C=O) groups is 2. The van der Waals surface area contributed by atoms with E-state index in [1.807, 2.05) is 32.0 Å². The second-order valence-electron chi connectivity index (χ2n) is 5.75. The second kappa shape index (κ2) is 7.64. The zero-order valence-electron chi connectivity index (χ0n) is 14.3. The first-order chi connectivity index (χ1) is 11.3. The van der Waals surface area contributed by atoms with E-state index in [0.717, 1.165) is 5.56 Å². The van der Waals surface area contributed by atoms with Crippen LogP contribution in [0, 0.1) is 13.8 Å². The maximum Gasteiger partial charge on any atom is 0.265 e. The first kappa shape index (κ1) is 17.5. The molecule has 0 aliphatic carbocycles. The van der Waals surface area contributed by atoms with Crippen LogP contribution in [0.25, 0.3) is 0 Å². The van der Waals surface area contributed by atoms with Crippen LogP contribution in [0.1, 0.15) is 25.0 Å². The van der Waals surface area contributed by atoms with E-state index in [1.165, 1.54) is 12.5 Å². The van der Waals surface area contributed by atoms with E-state index in [1.54, 1.807) is 31.2 Å². The predicted molar refractivity (Wildman–Crippen MR) is 95.4 cm³/mol. The van der Waals surface area contributed by atoms with Crippen LogP contribution in [0.5, 0.6) is 5.75 Å². The third-order valence-electron chi connectivity index (χ3n) is 3.63. The summed E-state index contributed by atoms with van der Waals surface area (Å²) >= 11 is 0. The number of aryl methyl sites for hydroxylation is 2. The quantitative estimate of drug-likeness (QED) is 0.881. The topological polar surface area (TPSA) is 67.4 Å². The Labute approximate surface area is 142 Å². The smallest absolute Gasteiger partial charge is 0.265 e. The summed E-state index contributed by atoms with van der Waals surface area (Å²) in [5.41, 5.74) is 3.62. The lowest BCUT2D eigenvalue weighted by Gasteiger charge is -2.16. The molecule has 0 radical (unpaired) electrons. The maximum atomic E-state index is 12.2. The van der Waals surface area contributed by atoms with E-state index >= 15 is 0 Å². The lowest BCUT2D eigenvalue weighted by molar-refractivity contribution is -0.122. The SMILES string of the molecule is CC(=O)Nc1ccc(NC(=O)[C@H](C)Oc2ccc(C)c(C)c2)cc1. The number of hydrogen-bond donors (Lipinski definition) is 2. The van der Waals surface area contributed by atoms with Crippen molar-refractivity contribution >= 4 is 23.2 Å². The van der Waals surface area contributed by atoms with E-state index in [4.69, 9.17) is 4.74 Å². The maximum absolute atomic E-state index is 12.2. The van der Waals surface area contributed by atoms with Crippen molar-refractivity contribution in [3.63, 3.8) is 0 Å². The number of amides is 2. The summed E-state index contributed by atoms with van der Waals surface area (Å²) in [7, 11) is 0. The fraction of sp³-hybridized carbons (Fsp3) is 0.263.